The number of carbonyl (C=O) groups excluding carboxylic acids is 3. The molecule has 6 heteroatoms. The van der Waals surface area contributed by atoms with Gasteiger partial charge in [0.1, 0.15) is 0 Å². The van der Waals surface area contributed by atoms with Gasteiger partial charge in [-0.3, -0.25) is 9.59 Å². The van der Waals surface area contributed by atoms with E-state index in [9.17, 15) is 14.4 Å². The van der Waals surface area contributed by atoms with Crippen molar-refractivity contribution in [2.75, 3.05) is 17.7 Å². The molecular formula is C17H16N2O4. The third kappa shape index (κ3) is 4.41. The summed E-state index contributed by atoms with van der Waals surface area (Å²) in [6.45, 7) is 1.42. The van der Waals surface area contributed by atoms with Crippen LogP contribution in [-0.4, -0.2) is 24.9 Å². The first-order valence-electron chi connectivity index (χ1n) is 6.87. The molecule has 0 aliphatic rings. The number of rotatable bonds is 4. The number of esters is 1. The van der Waals surface area contributed by atoms with Gasteiger partial charge in [0.05, 0.1) is 12.7 Å². The summed E-state index contributed by atoms with van der Waals surface area (Å²) in [6.07, 6.45) is 0. The van der Waals surface area contributed by atoms with Crippen LogP contribution in [0.25, 0.3) is 0 Å². The lowest BCUT2D eigenvalue weighted by molar-refractivity contribution is -0.114. The zero-order valence-corrected chi connectivity index (χ0v) is 12.8. The van der Waals surface area contributed by atoms with E-state index in [1.807, 2.05) is 0 Å². The summed E-state index contributed by atoms with van der Waals surface area (Å²) in [5.41, 5.74) is 2.05. The summed E-state index contributed by atoms with van der Waals surface area (Å²) < 4.78 is 4.61. The van der Waals surface area contributed by atoms with Crippen LogP contribution in [0, 0.1) is 0 Å². The first-order chi connectivity index (χ1) is 11.0. The van der Waals surface area contributed by atoms with Crippen LogP contribution >= 0.6 is 0 Å². The Hall–Kier alpha value is -3.15. The second-order valence-corrected chi connectivity index (χ2v) is 4.78. The van der Waals surface area contributed by atoms with Crippen molar-refractivity contribution in [3.63, 3.8) is 0 Å². The molecule has 6 nitrogen and oxygen atoms in total. The van der Waals surface area contributed by atoms with Gasteiger partial charge in [-0.05, 0) is 48.5 Å². The third-order valence-corrected chi connectivity index (χ3v) is 3.03. The number of benzene rings is 2. The topological polar surface area (TPSA) is 84.5 Å². The van der Waals surface area contributed by atoms with Crippen molar-refractivity contribution in [2.45, 2.75) is 6.92 Å². The number of anilines is 2. The van der Waals surface area contributed by atoms with Gasteiger partial charge in [0.25, 0.3) is 5.91 Å². The molecule has 2 amide bonds. The van der Waals surface area contributed by atoms with Crippen molar-refractivity contribution < 1.29 is 19.1 Å². The molecule has 0 saturated heterocycles. The average molecular weight is 312 g/mol. The molecule has 0 aromatic heterocycles. The highest BCUT2D eigenvalue weighted by atomic mass is 16.5. The zero-order chi connectivity index (χ0) is 16.8. The number of hydrogen-bond donors (Lipinski definition) is 2. The van der Waals surface area contributed by atoms with E-state index in [0.29, 0.717) is 22.5 Å². The van der Waals surface area contributed by atoms with Gasteiger partial charge in [0, 0.05) is 23.9 Å². The Morgan fingerprint density at radius 1 is 0.783 bits per heavy atom. The fourth-order valence-electron chi connectivity index (χ4n) is 1.92. The van der Waals surface area contributed by atoms with Crippen molar-refractivity contribution >= 4 is 29.2 Å². The maximum atomic E-state index is 12.1. The SMILES string of the molecule is COC(=O)c1ccc(NC(=O)c2ccc(NC(C)=O)cc2)cc1. The van der Waals surface area contributed by atoms with Gasteiger partial charge in [-0.2, -0.15) is 0 Å². The highest BCUT2D eigenvalue weighted by Crippen LogP contribution is 2.14. The predicted molar refractivity (Wildman–Crippen MR) is 86.5 cm³/mol. The Bertz CT molecular complexity index is 721. The number of ether oxygens (including phenoxy) is 1. The van der Waals surface area contributed by atoms with Crippen LogP contribution in [0.4, 0.5) is 11.4 Å². The first kappa shape index (κ1) is 16.2. The molecule has 0 radical (unpaired) electrons. The molecular weight excluding hydrogens is 296 g/mol. The Kier molecular flexibility index (Phi) is 5.09. The summed E-state index contributed by atoms with van der Waals surface area (Å²) >= 11 is 0. The largest absolute Gasteiger partial charge is 0.465 e. The summed E-state index contributed by atoms with van der Waals surface area (Å²) in [6, 6.07) is 12.9. The van der Waals surface area contributed by atoms with E-state index in [4.69, 9.17) is 0 Å². The number of amides is 2. The minimum atomic E-state index is -0.434. The van der Waals surface area contributed by atoms with Gasteiger partial charge in [-0.15, -0.1) is 0 Å². The quantitative estimate of drug-likeness (QED) is 0.850. The zero-order valence-electron chi connectivity index (χ0n) is 12.8. The smallest absolute Gasteiger partial charge is 0.337 e. The van der Waals surface area contributed by atoms with E-state index in [2.05, 4.69) is 15.4 Å². The Morgan fingerprint density at radius 2 is 1.26 bits per heavy atom. The predicted octanol–water partition coefficient (Wildman–Crippen LogP) is 2.68. The summed E-state index contributed by atoms with van der Waals surface area (Å²) in [5, 5.41) is 5.35. The van der Waals surface area contributed by atoms with Crippen LogP contribution in [0.5, 0.6) is 0 Å². The fraction of sp³-hybridized carbons (Fsp3) is 0.118. The Balaban J connectivity index is 2.03. The van der Waals surface area contributed by atoms with Gasteiger partial charge in [0.15, 0.2) is 0 Å². The van der Waals surface area contributed by atoms with Crippen molar-refractivity contribution in [3.8, 4) is 0 Å². The van der Waals surface area contributed by atoms with Crippen LogP contribution in [0.3, 0.4) is 0 Å². The van der Waals surface area contributed by atoms with E-state index in [-0.39, 0.29) is 11.8 Å². The van der Waals surface area contributed by atoms with Crippen LogP contribution in [0.15, 0.2) is 48.5 Å². The van der Waals surface area contributed by atoms with E-state index < -0.39 is 5.97 Å². The molecule has 0 saturated carbocycles. The molecule has 0 heterocycles. The molecule has 0 bridgehead atoms. The van der Waals surface area contributed by atoms with Crippen molar-refractivity contribution in [1.82, 2.24) is 0 Å². The molecule has 0 atom stereocenters. The lowest BCUT2D eigenvalue weighted by Gasteiger charge is -2.07. The summed E-state index contributed by atoms with van der Waals surface area (Å²) in [5.74, 6) is -0.894. The van der Waals surface area contributed by atoms with Crippen molar-refractivity contribution in [2.24, 2.45) is 0 Å². The first-order valence-corrected chi connectivity index (χ1v) is 6.87. The van der Waals surface area contributed by atoms with Crippen LogP contribution in [-0.2, 0) is 9.53 Å². The molecule has 2 aromatic rings. The second-order valence-electron chi connectivity index (χ2n) is 4.78. The van der Waals surface area contributed by atoms with Crippen LogP contribution < -0.4 is 10.6 Å². The van der Waals surface area contributed by atoms with Crippen molar-refractivity contribution in [3.05, 3.63) is 59.7 Å². The molecule has 0 unspecified atom stereocenters. The Morgan fingerprint density at radius 3 is 1.74 bits per heavy atom. The average Bonchev–Trinajstić information content (AvgIpc) is 2.55. The maximum Gasteiger partial charge on any atom is 0.337 e. The number of methoxy groups -OCH3 is 1. The van der Waals surface area contributed by atoms with Crippen molar-refractivity contribution in [1.29, 1.82) is 0 Å². The molecule has 0 spiro atoms. The fourth-order valence-corrected chi connectivity index (χ4v) is 1.92. The summed E-state index contributed by atoms with van der Waals surface area (Å²) in [7, 11) is 1.31. The van der Waals surface area contributed by atoms with E-state index >= 15 is 0 Å². The second kappa shape index (κ2) is 7.22. The normalized spacial score (nSPS) is 9.83. The van der Waals surface area contributed by atoms with E-state index in [1.165, 1.54) is 14.0 Å². The molecule has 2 aromatic carbocycles. The number of hydrogen-bond acceptors (Lipinski definition) is 4. The lowest BCUT2D eigenvalue weighted by atomic mass is 10.1. The molecule has 118 valence electrons. The minimum absolute atomic E-state index is 0.173. The standard InChI is InChI=1S/C17H16N2O4/c1-11(20)18-14-7-3-12(4-8-14)16(21)19-15-9-5-13(6-10-15)17(22)23-2/h3-10H,1-2H3,(H,18,20)(H,19,21). The highest BCUT2D eigenvalue weighted by Gasteiger charge is 2.08. The lowest BCUT2D eigenvalue weighted by Crippen LogP contribution is -2.12. The van der Waals surface area contributed by atoms with Gasteiger partial charge in [0.2, 0.25) is 5.91 Å². The minimum Gasteiger partial charge on any atom is -0.465 e. The van der Waals surface area contributed by atoms with Gasteiger partial charge >= 0.3 is 5.97 Å². The molecule has 0 aliphatic carbocycles. The third-order valence-electron chi connectivity index (χ3n) is 3.03. The monoisotopic (exact) mass is 312 g/mol. The van der Waals surface area contributed by atoms with Gasteiger partial charge in [-0.1, -0.05) is 0 Å². The van der Waals surface area contributed by atoms with E-state index in [1.54, 1.807) is 48.5 Å². The molecule has 23 heavy (non-hydrogen) atoms. The molecule has 2 N–H and O–H groups in total. The van der Waals surface area contributed by atoms with Crippen LogP contribution in [0.2, 0.25) is 0 Å². The number of nitrogens with one attached hydrogen (secondary N) is 2. The van der Waals surface area contributed by atoms with Gasteiger partial charge in [-0.25, -0.2) is 4.79 Å². The van der Waals surface area contributed by atoms with Gasteiger partial charge < -0.3 is 15.4 Å². The highest BCUT2D eigenvalue weighted by molar-refractivity contribution is 6.04. The molecule has 2 rings (SSSR count). The van der Waals surface area contributed by atoms with Crippen LogP contribution in [0.1, 0.15) is 27.6 Å². The molecule has 0 fully saturated rings. The van der Waals surface area contributed by atoms with E-state index in [0.717, 1.165) is 0 Å². The number of carbonyl (C=O) groups is 3. The molecule has 0 aliphatic heterocycles. The maximum absolute atomic E-state index is 12.1. The summed E-state index contributed by atoms with van der Waals surface area (Å²) in [4.78, 5) is 34.4. The Labute approximate surface area is 133 Å².